The van der Waals surface area contributed by atoms with Gasteiger partial charge in [-0.1, -0.05) is 76.8 Å². The number of unbranched alkanes of at least 4 members (excludes halogenated alkanes) is 2. The minimum Gasteiger partial charge on any atom is -0.458 e. The molecule has 70 heavy (non-hydrogen) atoms. The van der Waals surface area contributed by atoms with Crippen LogP contribution in [0.3, 0.4) is 0 Å². The van der Waals surface area contributed by atoms with E-state index < -0.39 is 71.2 Å². The van der Waals surface area contributed by atoms with Gasteiger partial charge in [-0.3, -0.25) is 38.5 Å². The maximum absolute atomic E-state index is 14.7. The number of carbonyl (C=O) groups is 8. The van der Waals surface area contributed by atoms with E-state index in [0.717, 1.165) is 42.6 Å². The molecule has 1 saturated carbocycles. The van der Waals surface area contributed by atoms with Gasteiger partial charge >= 0.3 is 5.97 Å². The molecule has 390 valence electrons. The lowest BCUT2D eigenvalue weighted by atomic mass is 9.80. The highest BCUT2D eigenvalue weighted by atomic mass is 16.6. The van der Waals surface area contributed by atoms with Gasteiger partial charge < -0.3 is 40.0 Å². The van der Waals surface area contributed by atoms with Crippen LogP contribution in [0.4, 0.5) is 0 Å². The summed E-state index contributed by atoms with van der Waals surface area (Å²) in [5, 5.41) is 8.67. The minimum atomic E-state index is -1.36. The molecule has 1 aliphatic carbocycles. The largest absolute Gasteiger partial charge is 0.458 e. The van der Waals surface area contributed by atoms with Gasteiger partial charge in [-0.05, 0) is 90.5 Å². The van der Waals surface area contributed by atoms with Gasteiger partial charge in [0.2, 0.25) is 29.5 Å². The number of rotatable bonds is 25. The second-order valence-corrected chi connectivity index (χ2v) is 21.2. The normalized spacial score (nSPS) is 19.3. The number of nitrogens with one attached hydrogen (secondary N) is 3. The number of hydrogen-bond donors (Lipinski definition) is 3. The predicted octanol–water partition coefficient (Wildman–Crippen LogP) is 5.03. The van der Waals surface area contributed by atoms with Crippen LogP contribution in [0.1, 0.15) is 138 Å². The first kappa shape index (κ1) is 57.4. The molecule has 7 amide bonds. The fourth-order valence-corrected chi connectivity index (χ4v) is 10.0. The van der Waals surface area contributed by atoms with Crippen LogP contribution < -0.4 is 16.0 Å². The molecule has 7 atom stereocenters. The van der Waals surface area contributed by atoms with E-state index in [0.29, 0.717) is 38.6 Å². The summed E-state index contributed by atoms with van der Waals surface area (Å²) in [6.07, 6.45) is 8.99. The third-order valence-corrected chi connectivity index (χ3v) is 13.9. The quantitative estimate of drug-likeness (QED) is 0.0673. The maximum Gasteiger partial charge on any atom is 0.329 e. The fraction of sp³-hybridized carbons (Fsp3) is 0.698. The summed E-state index contributed by atoms with van der Waals surface area (Å²) in [4.78, 5) is 112. The molecule has 1 saturated heterocycles. The fourth-order valence-electron chi connectivity index (χ4n) is 10.0. The first-order valence-electron chi connectivity index (χ1n) is 25.3. The summed E-state index contributed by atoms with van der Waals surface area (Å²) in [7, 11) is 4.78. The molecule has 1 aromatic carbocycles. The number of likely N-dealkylation sites (N-methyl/N-ethyl adjacent to an activating group) is 1. The maximum atomic E-state index is 14.7. The first-order valence-corrected chi connectivity index (χ1v) is 25.3. The summed E-state index contributed by atoms with van der Waals surface area (Å²) in [6, 6.07) is 6.52. The van der Waals surface area contributed by atoms with Crippen molar-refractivity contribution in [2.75, 3.05) is 34.4 Å². The SMILES string of the molecule is CO[C@H]([C@@H](C)C(=O)N[C@@H](Cc1ccccc1)C(=O)OC(C)(C)C)[C@@H]1CCCN1C(=O)C[C@@H](OC)[C@H](C1CCCCC1)N(C)C(=O)[C@@H](NC(=O)C(C)(C)NC(=O)CCCCCN1C(=O)C=CC1=O)C(C)C. The highest BCUT2D eigenvalue weighted by Gasteiger charge is 2.45. The van der Waals surface area contributed by atoms with Crippen molar-refractivity contribution in [2.24, 2.45) is 17.8 Å². The van der Waals surface area contributed by atoms with Gasteiger partial charge in [0.05, 0.1) is 36.6 Å². The second kappa shape index (κ2) is 26.3. The summed E-state index contributed by atoms with van der Waals surface area (Å²) < 4.78 is 17.9. The average Bonchev–Trinajstić information content (AvgIpc) is 3.92. The molecule has 2 fully saturated rings. The van der Waals surface area contributed by atoms with Gasteiger partial charge in [0.1, 0.15) is 23.2 Å². The molecule has 2 aliphatic heterocycles. The van der Waals surface area contributed by atoms with Crippen molar-refractivity contribution in [1.82, 2.24) is 30.7 Å². The van der Waals surface area contributed by atoms with Gasteiger partial charge in [-0.2, -0.15) is 0 Å². The lowest BCUT2D eigenvalue weighted by molar-refractivity contribution is -0.159. The Bertz CT molecular complexity index is 1980. The number of methoxy groups -OCH3 is 2. The van der Waals surface area contributed by atoms with Crippen LogP contribution in [0, 0.1) is 17.8 Å². The smallest absolute Gasteiger partial charge is 0.329 e. The zero-order chi connectivity index (χ0) is 51.9. The van der Waals surface area contributed by atoms with Crippen molar-refractivity contribution in [3.63, 3.8) is 0 Å². The van der Waals surface area contributed by atoms with Crippen LogP contribution in [0.25, 0.3) is 0 Å². The van der Waals surface area contributed by atoms with Gasteiger partial charge in [0, 0.05) is 59.4 Å². The Morgan fingerprint density at radius 2 is 1.46 bits per heavy atom. The van der Waals surface area contributed by atoms with Crippen molar-refractivity contribution in [3.05, 3.63) is 48.0 Å². The number of imide groups is 1. The lowest BCUT2D eigenvalue weighted by Crippen LogP contribution is -2.62. The van der Waals surface area contributed by atoms with Crippen LogP contribution in [-0.2, 0) is 59.0 Å². The van der Waals surface area contributed by atoms with Crippen molar-refractivity contribution in [1.29, 1.82) is 0 Å². The summed E-state index contributed by atoms with van der Waals surface area (Å²) in [5.41, 5.74) is -1.27. The number of nitrogens with zero attached hydrogens (tertiary/aromatic N) is 3. The summed E-state index contributed by atoms with van der Waals surface area (Å²) >= 11 is 0. The number of hydrogen-bond acceptors (Lipinski definition) is 11. The number of likely N-dealkylation sites (tertiary alicyclic amines) is 1. The Kier molecular flexibility index (Phi) is 21.6. The monoisotopic (exact) mass is 979 g/mol. The molecule has 1 aromatic rings. The molecule has 0 unspecified atom stereocenters. The molecule has 0 radical (unpaired) electrons. The summed E-state index contributed by atoms with van der Waals surface area (Å²) in [5.74, 6) is -4.10. The summed E-state index contributed by atoms with van der Waals surface area (Å²) in [6.45, 7) is 14.6. The number of amides is 7. The molecule has 0 bridgehead atoms. The van der Waals surface area contributed by atoms with Crippen molar-refractivity contribution >= 4 is 47.3 Å². The number of carbonyl (C=O) groups excluding carboxylic acids is 8. The zero-order valence-electron chi connectivity index (χ0n) is 43.7. The molecule has 0 aromatic heterocycles. The van der Waals surface area contributed by atoms with Crippen LogP contribution >= 0.6 is 0 Å². The Hall–Kier alpha value is -5.16. The van der Waals surface area contributed by atoms with Crippen molar-refractivity contribution in [3.8, 4) is 0 Å². The second-order valence-electron chi connectivity index (χ2n) is 21.2. The Morgan fingerprint density at radius 1 is 0.814 bits per heavy atom. The van der Waals surface area contributed by atoms with Crippen molar-refractivity contribution in [2.45, 2.75) is 186 Å². The van der Waals surface area contributed by atoms with E-state index in [-0.39, 0.29) is 67.2 Å². The van der Waals surface area contributed by atoms with E-state index in [1.165, 1.54) is 19.3 Å². The number of benzene rings is 1. The van der Waals surface area contributed by atoms with Crippen LogP contribution in [-0.4, -0.2) is 144 Å². The molecular formula is C53H82N6O11. The molecule has 2 heterocycles. The standard InChI is InChI=1S/C53H82N6O11/c1-34(2)45(55-51(67)53(7,8)56-41(60)27-19-14-20-30-59-42(61)28-29-43(59)62)49(65)57(9)46(37-24-17-13-18-25-37)40(68-10)33-44(63)58-31-21-26-39(58)47(69-11)35(3)48(64)54-38(50(66)70-52(4,5)6)32-36-22-15-12-16-23-36/h12,15-16,22-23,28-29,34-35,37-40,45-47H,13-14,17-21,24-27,30-33H2,1-11H3,(H,54,64)(H,55,67)(H,56,60)/t35-,38+,39+,40-,45+,46+,47-/m1/s1. The minimum absolute atomic E-state index is 0.0197. The molecule has 0 spiro atoms. The Balaban J connectivity index is 1.44. The molecular weight excluding hydrogens is 897 g/mol. The molecule has 4 rings (SSSR count). The third-order valence-electron chi connectivity index (χ3n) is 13.9. The van der Waals surface area contributed by atoms with Gasteiger partial charge in [-0.25, -0.2) is 4.79 Å². The van der Waals surface area contributed by atoms with E-state index in [1.54, 1.807) is 65.5 Å². The van der Waals surface area contributed by atoms with E-state index in [1.807, 2.05) is 44.2 Å². The van der Waals surface area contributed by atoms with E-state index in [9.17, 15) is 38.4 Å². The Labute approximate surface area is 415 Å². The van der Waals surface area contributed by atoms with Gasteiger partial charge in [0.25, 0.3) is 11.8 Å². The van der Waals surface area contributed by atoms with Crippen LogP contribution in [0.15, 0.2) is 42.5 Å². The van der Waals surface area contributed by atoms with Crippen molar-refractivity contribution < 1.29 is 52.6 Å². The van der Waals surface area contributed by atoms with Crippen LogP contribution in [0.2, 0.25) is 0 Å². The van der Waals surface area contributed by atoms with Crippen LogP contribution in [0.5, 0.6) is 0 Å². The number of ether oxygens (including phenoxy) is 3. The molecule has 3 N–H and O–H groups in total. The average molecular weight is 979 g/mol. The van der Waals surface area contributed by atoms with E-state index in [2.05, 4.69) is 16.0 Å². The van der Waals surface area contributed by atoms with Gasteiger partial charge in [-0.15, -0.1) is 0 Å². The highest BCUT2D eigenvalue weighted by molar-refractivity contribution is 6.12. The predicted molar refractivity (Wildman–Crippen MR) is 264 cm³/mol. The lowest BCUT2D eigenvalue weighted by Gasteiger charge is -2.43. The van der Waals surface area contributed by atoms with E-state index >= 15 is 0 Å². The first-order chi connectivity index (χ1) is 33.0. The topological polar surface area (TPSA) is 210 Å². The molecule has 17 nitrogen and oxygen atoms in total. The highest BCUT2D eigenvalue weighted by Crippen LogP contribution is 2.34. The zero-order valence-corrected chi connectivity index (χ0v) is 43.7. The third kappa shape index (κ3) is 16.2. The Morgan fingerprint density at radius 3 is 2.04 bits per heavy atom. The van der Waals surface area contributed by atoms with E-state index in [4.69, 9.17) is 14.2 Å². The van der Waals surface area contributed by atoms with Gasteiger partial charge in [0.15, 0.2) is 0 Å². The molecule has 3 aliphatic rings. The number of esters is 1. The molecule has 17 heteroatoms.